The van der Waals surface area contributed by atoms with Gasteiger partial charge in [0.15, 0.2) is 0 Å². The van der Waals surface area contributed by atoms with Crippen LogP contribution in [-0.4, -0.2) is 30.3 Å². The predicted molar refractivity (Wildman–Crippen MR) is 61.8 cm³/mol. The molecule has 6 heteroatoms. The number of carbonyl (C=O) groups excluding carboxylic acids is 3. The minimum atomic E-state index is -0.576. The van der Waals surface area contributed by atoms with Crippen LogP contribution in [0.4, 0.5) is 0 Å². The van der Waals surface area contributed by atoms with Crippen LogP contribution in [0.15, 0.2) is 0 Å². The summed E-state index contributed by atoms with van der Waals surface area (Å²) in [6, 6.07) is -0.576. The molecule has 4 N–H and O–H groups in total. The van der Waals surface area contributed by atoms with Crippen molar-refractivity contribution < 1.29 is 14.4 Å². The molecule has 1 saturated heterocycles. The second kappa shape index (κ2) is 6.34. The number of nitrogens with two attached hydrogens (primary N) is 1. The Bertz CT molecular complexity index is 317. The summed E-state index contributed by atoms with van der Waals surface area (Å²) in [4.78, 5) is 33.8. The van der Waals surface area contributed by atoms with Crippen molar-refractivity contribution in [1.29, 1.82) is 0 Å². The molecule has 1 rings (SSSR count). The molecule has 0 aromatic carbocycles. The zero-order valence-corrected chi connectivity index (χ0v) is 9.99. The summed E-state index contributed by atoms with van der Waals surface area (Å²) in [6.07, 6.45) is 1.71. The lowest BCUT2D eigenvalue weighted by Crippen LogP contribution is -2.52. The van der Waals surface area contributed by atoms with Gasteiger partial charge in [-0.05, 0) is 25.3 Å². The highest BCUT2D eigenvalue weighted by molar-refractivity contribution is 6.01. The van der Waals surface area contributed by atoms with Gasteiger partial charge in [0.05, 0.1) is 0 Å². The molecule has 1 aliphatic rings. The molecular formula is C11H19N3O3. The van der Waals surface area contributed by atoms with Crippen molar-refractivity contribution in [3.8, 4) is 0 Å². The number of hydrogen-bond acceptors (Lipinski definition) is 4. The zero-order valence-electron chi connectivity index (χ0n) is 9.99. The van der Waals surface area contributed by atoms with E-state index in [2.05, 4.69) is 10.6 Å². The highest BCUT2D eigenvalue weighted by Gasteiger charge is 2.27. The van der Waals surface area contributed by atoms with Crippen LogP contribution in [-0.2, 0) is 14.4 Å². The van der Waals surface area contributed by atoms with Crippen LogP contribution in [0.5, 0.6) is 0 Å². The topological polar surface area (TPSA) is 101 Å². The van der Waals surface area contributed by atoms with Crippen molar-refractivity contribution in [2.75, 3.05) is 6.54 Å². The lowest BCUT2D eigenvalue weighted by atomic mass is 10.0. The van der Waals surface area contributed by atoms with Crippen LogP contribution in [0.3, 0.4) is 0 Å². The molecule has 1 aliphatic heterocycles. The van der Waals surface area contributed by atoms with Crippen LogP contribution in [0.25, 0.3) is 0 Å². The number of imide groups is 1. The van der Waals surface area contributed by atoms with E-state index in [4.69, 9.17) is 5.73 Å². The first-order valence-corrected chi connectivity index (χ1v) is 5.86. The van der Waals surface area contributed by atoms with Gasteiger partial charge in [-0.3, -0.25) is 19.7 Å². The SMILES string of the molecule is CC(CN)CCC(=O)NC1CCC(=O)NC1=O. The molecule has 2 unspecified atom stereocenters. The highest BCUT2D eigenvalue weighted by Crippen LogP contribution is 2.07. The van der Waals surface area contributed by atoms with E-state index in [9.17, 15) is 14.4 Å². The molecule has 0 aromatic heterocycles. The van der Waals surface area contributed by atoms with E-state index in [1.54, 1.807) is 0 Å². The van der Waals surface area contributed by atoms with E-state index < -0.39 is 11.9 Å². The standard InChI is InChI=1S/C11H19N3O3/c1-7(6-12)2-4-9(15)13-8-3-5-10(16)14-11(8)17/h7-8H,2-6,12H2,1H3,(H,13,15)(H,14,16,17). The molecule has 3 amide bonds. The Labute approximate surface area is 100 Å². The van der Waals surface area contributed by atoms with Crippen LogP contribution in [0.1, 0.15) is 32.6 Å². The van der Waals surface area contributed by atoms with Gasteiger partial charge >= 0.3 is 0 Å². The fraction of sp³-hybridized carbons (Fsp3) is 0.727. The Hall–Kier alpha value is -1.43. The van der Waals surface area contributed by atoms with E-state index in [0.29, 0.717) is 31.7 Å². The molecular weight excluding hydrogens is 222 g/mol. The third-order valence-corrected chi connectivity index (χ3v) is 2.84. The molecule has 0 radical (unpaired) electrons. The van der Waals surface area contributed by atoms with Gasteiger partial charge in [0, 0.05) is 12.8 Å². The largest absolute Gasteiger partial charge is 0.344 e. The lowest BCUT2D eigenvalue weighted by Gasteiger charge is -2.22. The summed E-state index contributed by atoms with van der Waals surface area (Å²) >= 11 is 0. The fourth-order valence-corrected chi connectivity index (χ4v) is 1.59. The maximum Gasteiger partial charge on any atom is 0.249 e. The average Bonchev–Trinajstić information content (AvgIpc) is 2.29. The Morgan fingerprint density at radius 3 is 2.88 bits per heavy atom. The number of piperidine rings is 1. The van der Waals surface area contributed by atoms with Crippen molar-refractivity contribution in [1.82, 2.24) is 10.6 Å². The van der Waals surface area contributed by atoms with Crippen molar-refractivity contribution in [2.45, 2.75) is 38.6 Å². The zero-order chi connectivity index (χ0) is 12.8. The molecule has 1 fully saturated rings. The summed E-state index contributed by atoms with van der Waals surface area (Å²) < 4.78 is 0. The molecule has 6 nitrogen and oxygen atoms in total. The molecule has 2 atom stereocenters. The predicted octanol–water partition coefficient (Wildman–Crippen LogP) is -0.717. The van der Waals surface area contributed by atoms with Crippen LogP contribution >= 0.6 is 0 Å². The van der Waals surface area contributed by atoms with Crippen LogP contribution in [0.2, 0.25) is 0 Å². The van der Waals surface area contributed by atoms with Crippen molar-refractivity contribution >= 4 is 17.7 Å². The minimum Gasteiger partial charge on any atom is -0.344 e. The van der Waals surface area contributed by atoms with E-state index in [1.165, 1.54) is 0 Å². The van der Waals surface area contributed by atoms with Gasteiger partial charge < -0.3 is 11.1 Å². The van der Waals surface area contributed by atoms with Gasteiger partial charge in [-0.1, -0.05) is 6.92 Å². The Morgan fingerprint density at radius 1 is 1.59 bits per heavy atom. The van der Waals surface area contributed by atoms with Gasteiger partial charge in [-0.25, -0.2) is 0 Å². The molecule has 0 bridgehead atoms. The maximum atomic E-state index is 11.5. The molecule has 17 heavy (non-hydrogen) atoms. The number of amides is 3. The monoisotopic (exact) mass is 241 g/mol. The van der Waals surface area contributed by atoms with E-state index >= 15 is 0 Å². The Morgan fingerprint density at radius 2 is 2.29 bits per heavy atom. The van der Waals surface area contributed by atoms with Crippen molar-refractivity contribution in [3.63, 3.8) is 0 Å². The van der Waals surface area contributed by atoms with Crippen molar-refractivity contribution in [3.05, 3.63) is 0 Å². The summed E-state index contributed by atoms with van der Waals surface area (Å²) in [5, 5.41) is 4.82. The number of hydrogen-bond donors (Lipinski definition) is 3. The van der Waals surface area contributed by atoms with Gasteiger partial charge in [-0.2, -0.15) is 0 Å². The van der Waals surface area contributed by atoms with Gasteiger partial charge in [0.1, 0.15) is 6.04 Å². The molecule has 0 aliphatic carbocycles. The third kappa shape index (κ3) is 4.52. The first-order valence-electron chi connectivity index (χ1n) is 5.86. The minimum absolute atomic E-state index is 0.167. The molecule has 1 heterocycles. The van der Waals surface area contributed by atoms with Crippen molar-refractivity contribution in [2.24, 2.45) is 11.7 Å². The number of rotatable bonds is 5. The average molecular weight is 241 g/mol. The summed E-state index contributed by atoms with van der Waals surface area (Å²) in [6.45, 7) is 2.52. The Balaban J connectivity index is 2.31. The maximum absolute atomic E-state index is 11.5. The second-order valence-corrected chi connectivity index (χ2v) is 4.45. The first kappa shape index (κ1) is 13.6. The van der Waals surface area contributed by atoms with Crippen LogP contribution in [0, 0.1) is 5.92 Å². The smallest absolute Gasteiger partial charge is 0.249 e. The third-order valence-electron chi connectivity index (χ3n) is 2.84. The van der Waals surface area contributed by atoms with E-state index in [-0.39, 0.29) is 18.2 Å². The summed E-state index contributed by atoms with van der Waals surface area (Å²) in [5.74, 6) is -0.568. The lowest BCUT2D eigenvalue weighted by molar-refractivity contribution is -0.137. The fourth-order valence-electron chi connectivity index (χ4n) is 1.59. The van der Waals surface area contributed by atoms with E-state index in [1.807, 2.05) is 6.92 Å². The number of nitrogens with one attached hydrogen (secondary N) is 2. The highest BCUT2D eigenvalue weighted by atomic mass is 16.2. The quantitative estimate of drug-likeness (QED) is 0.553. The van der Waals surface area contributed by atoms with Gasteiger partial charge in [-0.15, -0.1) is 0 Å². The normalized spacial score (nSPS) is 21.9. The van der Waals surface area contributed by atoms with Gasteiger partial charge in [0.25, 0.3) is 0 Å². The van der Waals surface area contributed by atoms with Gasteiger partial charge in [0.2, 0.25) is 17.7 Å². The summed E-state index contributed by atoms with van der Waals surface area (Å²) in [7, 11) is 0. The molecule has 0 aromatic rings. The van der Waals surface area contributed by atoms with E-state index in [0.717, 1.165) is 0 Å². The molecule has 96 valence electrons. The second-order valence-electron chi connectivity index (χ2n) is 4.45. The Kier molecular flexibility index (Phi) is 5.09. The summed E-state index contributed by atoms with van der Waals surface area (Å²) in [5.41, 5.74) is 5.45. The molecule has 0 spiro atoms. The number of carbonyl (C=O) groups is 3. The first-order chi connectivity index (χ1) is 8.02. The van der Waals surface area contributed by atoms with Crippen LogP contribution < -0.4 is 16.4 Å². The molecule has 0 saturated carbocycles.